The Balaban J connectivity index is 1.63. The van der Waals surface area contributed by atoms with E-state index >= 15 is 0 Å². The molecule has 0 radical (unpaired) electrons. The first-order valence-corrected chi connectivity index (χ1v) is 7.39. The van der Waals surface area contributed by atoms with E-state index in [1.807, 2.05) is 0 Å². The van der Waals surface area contributed by atoms with Crippen LogP contribution in [0.5, 0.6) is 0 Å². The van der Waals surface area contributed by atoms with Crippen LogP contribution >= 0.6 is 0 Å². The van der Waals surface area contributed by atoms with Crippen molar-refractivity contribution in [3.63, 3.8) is 0 Å². The number of nitrogens with zero attached hydrogens (tertiary/aromatic N) is 4. The molecule has 0 bridgehead atoms. The van der Waals surface area contributed by atoms with E-state index in [0.29, 0.717) is 5.69 Å². The number of nitrogen functional groups attached to an aromatic ring is 1. The summed E-state index contributed by atoms with van der Waals surface area (Å²) < 4.78 is 0. The average Bonchev–Trinajstić information content (AvgIpc) is 2.74. The van der Waals surface area contributed by atoms with Crippen LogP contribution in [-0.4, -0.2) is 41.0 Å². The van der Waals surface area contributed by atoms with Crippen molar-refractivity contribution in [3.8, 4) is 0 Å². The smallest absolute Gasteiger partial charge is 0.155 e. The van der Waals surface area contributed by atoms with Gasteiger partial charge in [-0.15, -0.1) is 0 Å². The maximum Gasteiger partial charge on any atom is 0.155 e. The fourth-order valence-electron chi connectivity index (χ4n) is 2.78. The summed E-state index contributed by atoms with van der Waals surface area (Å²) in [5, 5.41) is 0. The van der Waals surface area contributed by atoms with Crippen LogP contribution in [0.2, 0.25) is 0 Å². The highest BCUT2D eigenvalue weighted by Crippen LogP contribution is 2.20. The lowest BCUT2D eigenvalue weighted by molar-refractivity contribution is 0.285. The van der Waals surface area contributed by atoms with Gasteiger partial charge in [0.15, 0.2) is 5.82 Å². The lowest BCUT2D eigenvalue weighted by Crippen LogP contribution is -2.31. The molecule has 1 aromatic carbocycles. The SMILES string of the molecule is Nc1cncnc1N1CCCN(Cc2ccccc2)CC1. The molecule has 2 aromatic rings. The second-order valence-corrected chi connectivity index (χ2v) is 5.40. The van der Waals surface area contributed by atoms with Crippen molar-refractivity contribution in [3.05, 3.63) is 48.4 Å². The number of rotatable bonds is 3. The van der Waals surface area contributed by atoms with Crippen LogP contribution in [0.25, 0.3) is 0 Å². The van der Waals surface area contributed by atoms with E-state index in [9.17, 15) is 0 Å². The topological polar surface area (TPSA) is 58.3 Å². The van der Waals surface area contributed by atoms with Crippen LogP contribution < -0.4 is 10.6 Å². The van der Waals surface area contributed by atoms with Crippen LogP contribution in [0.4, 0.5) is 11.5 Å². The summed E-state index contributed by atoms with van der Waals surface area (Å²) in [5.74, 6) is 0.867. The van der Waals surface area contributed by atoms with Gasteiger partial charge in [0.1, 0.15) is 6.33 Å². The minimum atomic E-state index is 0.661. The third-order valence-electron chi connectivity index (χ3n) is 3.86. The lowest BCUT2D eigenvalue weighted by Gasteiger charge is -2.23. The molecule has 1 saturated heterocycles. The number of anilines is 2. The Morgan fingerprint density at radius 3 is 2.71 bits per heavy atom. The van der Waals surface area contributed by atoms with Gasteiger partial charge in [0, 0.05) is 32.7 Å². The van der Waals surface area contributed by atoms with Gasteiger partial charge in [0.25, 0.3) is 0 Å². The molecule has 1 aliphatic rings. The number of hydrogen-bond acceptors (Lipinski definition) is 5. The van der Waals surface area contributed by atoms with Crippen LogP contribution in [0.1, 0.15) is 12.0 Å². The minimum absolute atomic E-state index is 0.661. The van der Waals surface area contributed by atoms with E-state index in [-0.39, 0.29) is 0 Å². The fraction of sp³-hybridized carbons (Fsp3) is 0.375. The van der Waals surface area contributed by atoms with E-state index in [1.54, 1.807) is 12.5 Å². The van der Waals surface area contributed by atoms with Crippen molar-refractivity contribution >= 4 is 11.5 Å². The molecule has 110 valence electrons. The van der Waals surface area contributed by atoms with Gasteiger partial charge < -0.3 is 10.6 Å². The molecule has 0 aliphatic carbocycles. The normalized spacial score (nSPS) is 16.7. The standard InChI is InChI=1S/C16H21N5/c17-15-11-18-13-19-16(15)21-8-4-7-20(9-10-21)12-14-5-2-1-3-6-14/h1-3,5-6,11,13H,4,7-10,12,17H2. The van der Waals surface area contributed by atoms with Crippen LogP contribution in [0.15, 0.2) is 42.9 Å². The Morgan fingerprint density at radius 1 is 1.05 bits per heavy atom. The molecule has 21 heavy (non-hydrogen) atoms. The number of nitrogens with two attached hydrogens (primary N) is 1. The highest BCUT2D eigenvalue weighted by atomic mass is 15.3. The zero-order chi connectivity index (χ0) is 14.5. The molecule has 2 N–H and O–H groups in total. The monoisotopic (exact) mass is 283 g/mol. The van der Waals surface area contributed by atoms with Gasteiger partial charge in [-0.1, -0.05) is 30.3 Å². The second-order valence-electron chi connectivity index (χ2n) is 5.40. The van der Waals surface area contributed by atoms with Gasteiger partial charge in [-0.25, -0.2) is 9.97 Å². The Labute approximate surface area is 125 Å². The third kappa shape index (κ3) is 3.49. The molecule has 5 heteroatoms. The third-order valence-corrected chi connectivity index (χ3v) is 3.86. The molecule has 0 unspecified atom stereocenters. The Kier molecular flexibility index (Phi) is 4.31. The number of aromatic nitrogens is 2. The quantitative estimate of drug-likeness (QED) is 0.930. The molecule has 0 amide bonds. The molecule has 1 aromatic heterocycles. The summed E-state index contributed by atoms with van der Waals surface area (Å²) in [6, 6.07) is 10.6. The van der Waals surface area contributed by atoms with Gasteiger partial charge in [-0.3, -0.25) is 4.90 Å². The molecule has 1 fully saturated rings. The van der Waals surface area contributed by atoms with Crippen LogP contribution in [-0.2, 0) is 6.54 Å². The summed E-state index contributed by atoms with van der Waals surface area (Å²) in [7, 11) is 0. The van der Waals surface area contributed by atoms with E-state index < -0.39 is 0 Å². The molecule has 3 rings (SSSR count). The Bertz CT molecular complexity index is 572. The molecular weight excluding hydrogens is 262 g/mol. The van der Waals surface area contributed by atoms with E-state index in [0.717, 1.165) is 45.0 Å². The molecule has 0 spiro atoms. The van der Waals surface area contributed by atoms with E-state index in [2.05, 4.69) is 50.1 Å². The predicted octanol–water partition coefficient (Wildman–Crippen LogP) is 1.77. The summed E-state index contributed by atoms with van der Waals surface area (Å²) >= 11 is 0. The molecule has 2 heterocycles. The summed E-state index contributed by atoms with van der Waals surface area (Å²) in [6.07, 6.45) is 4.36. The first-order valence-electron chi connectivity index (χ1n) is 7.39. The second kappa shape index (κ2) is 6.54. The molecule has 0 saturated carbocycles. The molecule has 5 nitrogen and oxygen atoms in total. The van der Waals surface area contributed by atoms with Gasteiger partial charge >= 0.3 is 0 Å². The first-order chi connectivity index (χ1) is 10.3. The number of hydrogen-bond donors (Lipinski definition) is 1. The van der Waals surface area contributed by atoms with E-state index in [1.165, 1.54) is 5.56 Å². The zero-order valence-corrected chi connectivity index (χ0v) is 12.2. The van der Waals surface area contributed by atoms with Crippen molar-refractivity contribution in [1.29, 1.82) is 0 Å². The van der Waals surface area contributed by atoms with Crippen LogP contribution in [0, 0.1) is 0 Å². The van der Waals surface area contributed by atoms with E-state index in [4.69, 9.17) is 5.73 Å². The van der Waals surface area contributed by atoms with Crippen molar-refractivity contribution < 1.29 is 0 Å². The first kappa shape index (κ1) is 13.8. The summed E-state index contributed by atoms with van der Waals surface area (Å²) in [5.41, 5.74) is 8.01. The van der Waals surface area contributed by atoms with Gasteiger partial charge in [0.2, 0.25) is 0 Å². The average molecular weight is 283 g/mol. The number of benzene rings is 1. The predicted molar refractivity (Wildman–Crippen MR) is 85.0 cm³/mol. The van der Waals surface area contributed by atoms with Gasteiger partial charge in [-0.05, 0) is 12.0 Å². The highest BCUT2D eigenvalue weighted by molar-refractivity contribution is 5.60. The highest BCUT2D eigenvalue weighted by Gasteiger charge is 2.17. The van der Waals surface area contributed by atoms with Crippen molar-refractivity contribution in [1.82, 2.24) is 14.9 Å². The summed E-state index contributed by atoms with van der Waals surface area (Å²) in [4.78, 5) is 13.0. The maximum atomic E-state index is 5.98. The van der Waals surface area contributed by atoms with Crippen molar-refractivity contribution in [2.24, 2.45) is 0 Å². The zero-order valence-electron chi connectivity index (χ0n) is 12.2. The van der Waals surface area contributed by atoms with Crippen molar-refractivity contribution in [2.45, 2.75) is 13.0 Å². The van der Waals surface area contributed by atoms with Gasteiger partial charge in [0.05, 0.1) is 11.9 Å². The van der Waals surface area contributed by atoms with Crippen LogP contribution in [0.3, 0.4) is 0 Å². The Hall–Kier alpha value is -2.14. The van der Waals surface area contributed by atoms with Gasteiger partial charge in [-0.2, -0.15) is 0 Å². The van der Waals surface area contributed by atoms with Crippen molar-refractivity contribution in [2.75, 3.05) is 36.8 Å². The molecule has 0 atom stereocenters. The maximum absolute atomic E-state index is 5.98. The minimum Gasteiger partial charge on any atom is -0.394 e. The fourth-order valence-corrected chi connectivity index (χ4v) is 2.78. The Morgan fingerprint density at radius 2 is 1.90 bits per heavy atom. The summed E-state index contributed by atoms with van der Waals surface area (Å²) in [6.45, 7) is 5.09. The largest absolute Gasteiger partial charge is 0.394 e. The molecular formula is C16H21N5. The molecule has 1 aliphatic heterocycles. The lowest BCUT2D eigenvalue weighted by atomic mass is 10.2.